The van der Waals surface area contributed by atoms with Crippen molar-refractivity contribution in [2.45, 2.75) is 277 Å². The minimum absolute atomic E-state index is 0.0909. The van der Waals surface area contributed by atoms with Crippen molar-refractivity contribution in [1.29, 1.82) is 0 Å². The molecule has 0 bridgehead atoms. The van der Waals surface area contributed by atoms with E-state index in [1.807, 2.05) is 6.08 Å². The van der Waals surface area contributed by atoms with Gasteiger partial charge in [0.15, 0.2) is 6.10 Å². The maximum atomic E-state index is 12.8. The summed E-state index contributed by atoms with van der Waals surface area (Å²) in [5, 5.41) is 0. The van der Waals surface area contributed by atoms with Gasteiger partial charge in [0.1, 0.15) is 13.2 Å². The minimum atomic E-state index is -0.796. The molecule has 0 saturated carbocycles. The summed E-state index contributed by atoms with van der Waals surface area (Å²) < 4.78 is 16.7. The van der Waals surface area contributed by atoms with Crippen LogP contribution in [0.1, 0.15) is 271 Å². The molecule has 1 atom stereocenters. The van der Waals surface area contributed by atoms with Gasteiger partial charge in [-0.1, -0.05) is 236 Å². The fourth-order valence-corrected chi connectivity index (χ4v) is 7.59. The first-order chi connectivity index (χ1) is 30.5. The summed E-state index contributed by atoms with van der Waals surface area (Å²) in [6.45, 7) is 6.49. The Balaban J connectivity index is 4.39. The highest BCUT2D eigenvalue weighted by atomic mass is 16.6. The van der Waals surface area contributed by atoms with E-state index in [1.54, 1.807) is 0 Å². The molecule has 1 unspecified atom stereocenters. The molecule has 0 spiro atoms. The van der Waals surface area contributed by atoms with Crippen LogP contribution in [0.5, 0.6) is 0 Å². The Morgan fingerprint density at radius 2 is 0.661 bits per heavy atom. The third kappa shape index (κ3) is 48.4. The number of unbranched alkanes of at least 4 members (excludes halogenated alkanes) is 29. The minimum Gasteiger partial charge on any atom is -0.462 e. The SMILES string of the molecule is CC/C=C/C/C=C/CCCCCCCCCC(=O)OC(COC(=O)CC/C=C/C/C=C/CCCCCCCC)COC(=O)CCCCCCCCCCCCCCCCCCC. The lowest BCUT2D eigenvalue weighted by molar-refractivity contribution is -0.166. The zero-order valence-electron chi connectivity index (χ0n) is 41.1. The summed E-state index contributed by atoms with van der Waals surface area (Å²) >= 11 is 0. The Hall–Kier alpha value is -2.63. The molecule has 0 rings (SSSR count). The Kier molecular flexibility index (Phi) is 48.8. The van der Waals surface area contributed by atoms with E-state index in [9.17, 15) is 14.4 Å². The molecule has 0 aromatic heterocycles. The Bertz CT molecular complexity index is 1090. The smallest absolute Gasteiger partial charge is 0.306 e. The molecule has 6 heteroatoms. The molecular weight excluding hydrogens is 769 g/mol. The van der Waals surface area contributed by atoms with E-state index >= 15 is 0 Å². The number of hydrogen-bond acceptors (Lipinski definition) is 6. The van der Waals surface area contributed by atoms with Crippen LogP contribution in [0.4, 0.5) is 0 Å². The molecule has 0 fully saturated rings. The molecule has 0 aliphatic heterocycles. The van der Waals surface area contributed by atoms with E-state index in [0.717, 1.165) is 70.6 Å². The highest BCUT2D eigenvalue weighted by Crippen LogP contribution is 2.16. The zero-order chi connectivity index (χ0) is 45.1. The fraction of sp³-hybridized carbons (Fsp3) is 0.804. The molecule has 0 aromatic carbocycles. The summed E-state index contributed by atoms with van der Waals surface area (Å²) in [5.41, 5.74) is 0. The Labute approximate surface area is 384 Å². The molecule has 0 N–H and O–H groups in total. The number of hydrogen-bond donors (Lipinski definition) is 0. The van der Waals surface area contributed by atoms with Crippen LogP contribution < -0.4 is 0 Å². The van der Waals surface area contributed by atoms with Crippen LogP contribution in [-0.2, 0) is 28.6 Å². The second kappa shape index (κ2) is 51.0. The molecule has 0 saturated heterocycles. The fourth-order valence-electron chi connectivity index (χ4n) is 7.59. The van der Waals surface area contributed by atoms with Gasteiger partial charge in [-0.25, -0.2) is 0 Å². The topological polar surface area (TPSA) is 78.9 Å². The van der Waals surface area contributed by atoms with Gasteiger partial charge >= 0.3 is 17.9 Å². The van der Waals surface area contributed by atoms with Crippen molar-refractivity contribution >= 4 is 17.9 Å². The van der Waals surface area contributed by atoms with Gasteiger partial charge in [0.05, 0.1) is 0 Å². The van der Waals surface area contributed by atoms with Gasteiger partial charge in [-0.15, -0.1) is 0 Å². The summed E-state index contributed by atoms with van der Waals surface area (Å²) in [6.07, 6.45) is 61.1. The largest absolute Gasteiger partial charge is 0.462 e. The maximum absolute atomic E-state index is 12.8. The highest BCUT2D eigenvalue weighted by Gasteiger charge is 2.19. The van der Waals surface area contributed by atoms with Gasteiger partial charge in [0, 0.05) is 19.3 Å². The summed E-state index contributed by atoms with van der Waals surface area (Å²) in [6, 6.07) is 0. The second-order valence-electron chi connectivity index (χ2n) is 17.8. The van der Waals surface area contributed by atoms with Crippen LogP contribution in [0.3, 0.4) is 0 Å². The number of carbonyl (C=O) groups excluding carboxylic acids is 3. The number of esters is 3. The van der Waals surface area contributed by atoms with E-state index in [4.69, 9.17) is 14.2 Å². The number of rotatable bonds is 48. The molecular formula is C56H100O6. The lowest BCUT2D eigenvalue weighted by Gasteiger charge is -2.18. The van der Waals surface area contributed by atoms with Crippen molar-refractivity contribution in [2.75, 3.05) is 13.2 Å². The van der Waals surface area contributed by atoms with Crippen molar-refractivity contribution in [3.05, 3.63) is 48.6 Å². The van der Waals surface area contributed by atoms with E-state index in [1.165, 1.54) is 154 Å². The predicted octanol–water partition coefficient (Wildman–Crippen LogP) is 17.5. The molecule has 6 nitrogen and oxygen atoms in total. The Morgan fingerprint density at radius 1 is 0.339 bits per heavy atom. The van der Waals surface area contributed by atoms with Gasteiger partial charge in [0.25, 0.3) is 0 Å². The molecule has 0 aliphatic rings. The van der Waals surface area contributed by atoms with Crippen LogP contribution in [0.15, 0.2) is 48.6 Å². The van der Waals surface area contributed by atoms with Gasteiger partial charge in [-0.3, -0.25) is 14.4 Å². The van der Waals surface area contributed by atoms with E-state index < -0.39 is 6.10 Å². The molecule has 62 heavy (non-hydrogen) atoms. The van der Waals surface area contributed by atoms with E-state index in [0.29, 0.717) is 19.3 Å². The van der Waals surface area contributed by atoms with Crippen molar-refractivity contribution < 1.29 is 28.6 Å². The monoisotopic (exact) mass is 869 g/mol. The van der Waals surface area contributed by atoms with E-state index in [2.05, 4.69) is 63.3 Å². The molecule has 0 aromatic rings. The number of carbonyl (C=O) groups is 3. The highest BCUT2D eigenvalue weighted by molar-refractivity contribution is 5.71. The van der Waals surface area contributed by atoms with Gasteiger partial charge < -0.3 is 14.2 Å². The first kappa shape index (κ1) is 59.4. The molecule has 0 aliphatic carbocycles. The predicted molar refractivity (Wildman–Crippen MR) is 265 cm³/mol. The third-order valence-electron chi connectivity index (χ3n) is 11.6. The first-order valence-corrected chi connectivity index (χ1v) is 26.6. The maximum Gasteiger partial charge on any atom is 0.306 e. The molecule has 0 heterocycles. The van der Waals surface area contributed by atoms with E-state index in [-0.39, 0.29) is 37.5 Å². The standard InChI is InChI=1S/C56H100O6/c1-4-7-10-13-16-19-22-25-27-28-29-32-34-37-40-43-46-49-55(58)61-52-53(51-60-54(57)48-45-42-39-36-33-30-24-21-18-15-12-9-6-3)62-56(59)50-47-44-41-38-35-31-26-23-20-17-14-11-8-5-2/h8,11,17,20,30,33,39,42,53H,4-7,9-10,12-16,18-19,21-29,31-32,34-38,40-41,43-52H2,1-3H3/b11-8+,20-17+,33-30+,42-39+. The summed E-state index contributed by atoms with van der Waals surface area (Å²) in [5.74, 6) is -0.961. The average molecular weight is 869 g/mol. The second-order valence-corrected chi connectivity index (χ2v) is 17.8. The number of ether oxygens (including phenoxy) is 3. The van der Waals surface area contributed by atoms with Crippen LogP contribution >= 0.6 is 0 Å². The van der Waals surface area contributed by atoms with Crippen LogP contribution in [-0.4, -0.2) is 37.2 Å². The Morgan fingerprint density at radius 3 is 1.06 bits per heavy atom. The third-order valence-corrected chi connectivity index (χ3v) is 11.6. The average Bonchev–Trinajstić information content (AvgIpc) is 3.27. The van der Waals surface area contributed by atoms with Crippen molar-refractivity contribution in [1.82, 2.24) is 0 Å². The summed E-state index contributed by atoms with van der Waals surface area (Å²) in [4.78, 5) is 38.0. The van der Waals surface area contributed by atoms with Crippen LogP contribution in [0.2, 0.25) is 0 Å². The number of allylic oxidation sites excluding steroid dienone is 8. The van der Waals surface area contributed by atoms with Gasteiger partial charge in [-0.05, 0) is 64.2 Å². The lowest BCUT2D eigenvalue weighted by Crippen LogP contribution is -2.30. The van der Waals surface area contributed by atoms with Crippen molar-refractivity contribution in [3.8, 4) is 0 Å². The van der Waals surface area contributed by atoms with Gasteiger partial charge in [-0.2, -0.15) is 0 Å². The quantitative estimate of drug-likeness (QED) is 0.0262. The van der Waals surface area contributed by atoms with Gasteiger partial charge in [0.2, 0.25) is 0 Å². The zero-order valence-corrected chi connectivity index (χ0v) is 41.1. The molecule has 360 valence electrons. The van der Waals surface area contributed by atoms with Crippen LogP contribution in [0, 0.1) is 0 Å². The van der Waals surface area contributed by atoms with Crippen LogP contribution in [0.25, 0.3) is 0 Å². The lowest BCUT2D eigenvalue weighted by atomic mass is 10.0. The molecule has 0 amide bonds. The first-order valence-electron chi connectivity index (χ1n) is 26.6. The summed E-state index contributed by atoms with van der Waals surface area (Å²) in [7, 11) is 0. The normalized spacial score (nSPS) is 12.4. The van der Waals surface area contributed by atoms with Crippen molar-refractivity contribution in [3.63, 3.8) is 0 Å². The molecule has 0 radical (unpaired) electrons. The van der Waals surface area contributed by atoms with Crippen molar-refractivity contribution in [2.24, 2.45) is 0 Å².